The molecule has 1 aliphatic rings. The maximum absolute atomic E-state index is 13.4. The molecular formula is C25H15Cl5FN3O2. The number of alkyl halides is 2. The molecule has 2 unspecified atom stereocenters. The van der Waals surface area contributed by atoms with Gasteiger partial charge in [0.1, 0.15) is 16.0 Å². The molecule has 0 aliphatic heterocycles. The fraction of sp³-hybridized carbons (Fsp3) is 0.160. The van der Waals surface area contributed by atoms with E-state index in [1.165, 1.54) is 30.3 Å². The molecule has 11 heteroatoms. The van der Waals surface area contributed by atoms with Gasteiger partial charge in [-0.1, -0.05) is 34.8 Å². The number of imidazole rings is 1. The standard InChI is InChI=1S/C25H15Cl5FN3O2/c26-12-5-11(6-13(27)7-12)22-23(25(22,29)30)24(36)32-15-2-3-17(28)16(9-15)20(35)10-21-33-18-4-1-14(31)8-19(18)34-21/h1-9,22-23H,10H2,(H,32,36)(H,33,34). The summed E-state index contributed by atoms with van der Waals surface area (Å²) in [6.45, 7) is 0. The van der Waals surface area contributed by atoms with Crippen LogP contribution < -0.4 is 5.32 Å². The number of hydrogen-bond acceptors (Lipinski definition) is 3. The molecule has 1 fully saturated rings. The van der Waals surface area contributed by atoms with Crippen LogP contribution in [-0.2, 0) is 11.2 Å². The number of nitrogens with zero attached hydrogens (tertiary/aromatic N) is 1. The molecule has 2 atom stereocenters. The van der Waals surface area contributed by atoms with Crippen molar-refractivity contribution in [3.63, 3.8) is 0 Å². The van der Waals surface area contributed by atoms with E-state index in [0.29, 0.717) is 38.2 Å². The summed E-state index contributed by atoms with van der Waals surface area (Å²) in [6, 6.07) is 13.6. The van der Waals surface area contributed by atoms with Crippen molar-refractivity contribution in [1.82, 2.24) is 9.97 Å². The van der Waals surface area contributed by atoms with Gasteiger partial charge in [0.25, 0.3) is 0 Å². The number of Topliss-reactive ketones (excluding diaryl/α,β-unsaturated/α-hetero) is 1. The highest BCUT2D eigenvalue weighted by Gasteiger charge is 2.67. The van der Waals surface area contributed by atoms with Crippen LogP contribution in [0.15, 0.2) is 54.6 Å². The lowest BCUT2D eigenvalue weighted by atomic mass is 10.1. The summed E-state index contributed by atoms with van der Waals surface area (Å²) in [6.07, 6.45) is -0.0971. The van der Waals surface area contributed by atoms with E-state index in [1.54, 1.807) is 24.3 Å². The number of aromatic amines is 1. The Kier molecular flexibility index (Phi) is 6.68. The molecule has 2 N–H and O–H groups in total. The Morgan fingerprint density at radius 1 is 1.00 bits per heavy atom. The van der Waals surface area contributed by atoms with Crippen LogP contribution in [0, 0.1) is 11.7 Å². The van der Waals surface area contributed by atoms with E-state index in [4.69, 9.17) is 58.0 Å². The number of halogens is 6. The largest absolute Gasteiger partial charge is 0.342 e. The van der Waals surface area contributed by atoms with Crippen LogP contribution in [0.5, 0.6) is 0 Å². The summed E-state index contributed by atoms with van der Waals surface area (Å²) >= 11 is 31.3. The molecule has 1 saturated carbocycles. The van der Waals surface area contributed by atoms with Gasteiger partial charge in [-0.15, -0.1) is 23.2 Å². The first kappa shape index (κ1) is 25.3. The fourth-order valence-corrected chi connectivity index (χ4v) is 5.82. The van der Waals surface area contributed by atoms with Crippen molar-refractivity contribution >= 4 is 86.4 Å². The topological polar surface area (TPSA) is 74.8 Å². The lowest BCUT2D eigenvalue weighted by molar-refractivity contribution is -0.117. The number of fused-ring (bicyclic) bond motifs is 1. The Hall–Kier alpha value is -2.35. The predicted octanol–water partition coefficient (Wildman–Crippen LogP) is 7.61. The molecule has 5 nitrogen and oxygen atoms in total. The fourth-order valence-electron chi connectivity index (χ4n) is 4.22. The third kappa shape index (κ3) is 4.93. The van der Waals surface area contributed by atoms with Crippen molar-refractivity contribution in [3.05, 3.63) is 92.4 Å². The SMILES string of the molecule is O=C(Cc1nc2ccc(F)cc2[nH]1)c1cc(NC(=O)C2C(c3cc(Cl)cc(Cl)c3)C2(Cl)Cl)ccc1Cl. The van der Waals surface area contributed by atoms with Crippen molar-refractivity contribution in [3.8, 4) is 0 Å². The van der Waals surface area contributed by atoms with Gasteiger partial charge in [-0.25, -0.2) is 9.37 Å². The number of benzene rings is 3. The molecule has 5 rings (SSSR count). The first-order valence-electron chi connectivity index (χ1n) is 10.6. The molecule has 0 bridgehead atoms. The smallest absolute Gasteiger partial charge is 0.231 e. The highest BCUT2D eigenvalue weighted by Crippen LogP contribution is 2.65. The monoisotopic (exact) mass is 583 g/mol. The van der Waals surface area contributed by atoms with E-state index in [2.05, 4.69) is 15.3 Å². The molecule has 1 aromatic heterocycles. The summed E-state index contributed by atoms with van der Waals surface area (Å²) in [4.78, 5) is 33.2. The van der Waals surface area contributed by atoms with Crippen molar-refractivity contribution < 1.29 is 14.0 Å². The minimum absolute atomic E-state index is 0.0971. The second kappa shape index (κ2) is 9.51. The number of hydrogen-bond donors (Lipinski definition) is 2. The number of carbonyl (C=O) groups is 2. The molecular weight excluding hydrogens is 571 g/mol. The molecule has 184 valence electrons. The quantitative estimate of drug-likeness (QED) is 0.181. The minimum atomic E-state index is -1.34. The summed E-state index contributed by atoms with van der Waals surface area (Å²) < 4.78 is 12.1. The minimum Gasteiger partial charge on any atom is -0.342 e. The van der Waals surface area contributed by atoms with E-state index in [-0.39, 0.29) is 22.8 Å². The van der Waals surface area contributed by atoms with Crippen molar-refractivity contribution in [2.45, 2.75) is 16.7 Å². The highest BCUT2D eigenvalue weighted by molar-refractivity contribution is 6.53. The molecule has 1 amide bonds. The number of H-pyrrole nitrogens is 1. The van der Waals surface area contributed by atoms with Gasteiger partial charge in [-0.3, -0.25) is 9.59 Å². The summed E-state index contributed by atoms with van der Waals surface area (Å²) in [5, 5.41) is 3.77. The molecule has 0 spiro atoms. The van der Waals surface area contributed by atoms with Crippen LogP contribution in [0.25, 0.3) is 11.0 Å². The third-order valence-corrected chi connectivity index (χ3v) is 7.64. The van der Waals surface area contributed by atoms with Crippen LogP contribution in [-0.4, -0.2) is 26.0 Å². The average Bonchev–Trinajstić information content (AvgIpc) is 3.16. The normalized spacial score (nSPS) is 18.3. The van der Waals surface area contributed by atoms with Crippen LogP contribution in [0.2, 0.25) is 15.1 Å². The van der Waals surface area contributed by atoms with Gasteiger partial charge in [0.2, 0.25) is 5.91 Å². The zero-order valence-corrected chi connectivity index (χ0v) is 21.9. The lowest BCUT2D eigenvalue weighted by Gasteiger charge is -2.09. The van der Waals surface area contributed by atoms with Crippen molar-refractivity contribution in [1.29, 1.82) is 0 Å². The zero-order valence-electron chi connectivity index (χ0n) is 18.1. The van der Waals surface area contributed by atoms with Gasteiger partial charge in [-0.2, -0.15) is 0 Å². The van der Waals surface area contributed by atoms with Gasteiger partial charge in [0, 0.05) is 27.2 Å². The Morgan fingerprint density at radius 3 is 2.44 bits per heavy atom. The molecule has 3 aromatic carbocycles. The van der Waals surface area contributed by atoms with E-state index < -0.39 is 27.9 Å². The molecule has 0 radical (unpaired) electrons. The second-order valence-electron chi connectivity index (χ2n) is 8.46. The number of carbonyl (C=O) groups excluding carboxylic acids is 2. The highest BCUT2D eigenvalue weighted by atomic mass is 35.5. The summed E-state index contributed by atoms with van der Waals surface area (Å²) in [5.74, 6) is -2.09. The van der Waals surface area contributed by atoms with Crippen LogP contribution in [0.1, 0.15) is 27.7 Å². The van der Waals surface area contributed by atoms with Crippen molar-refractivity contribution in [2.75, 3.05) is 5.32 Å². The third-order valence-electron chi connectivity index (χ3n) is 5.94. The number of nitrogens with one attached hydrogen (secondary N) is 2. The van der Waals surface area contributed by atoms with Crippen LogP contribution in [0.4, 0.5) is 10.1 Å². The van der Waals surface area contributed by atoms with Crippen LogP contribution in [0.3, 0.4) is 0 Å². The molecule has 1 aliphatic carbocycles. The zero-order chi connectivity index (χ0) is 25.8. The van der Waals surface area contributed by atoms with Crippen molar-refractivity contribution in [2.24, 2.45) is 5.92 Å². The number of anilines is 1. The maximum atomic E-state index is 13.4. The van der Waals surface area contributed by atoms with Gasteiger partial charge in [0.15, 0.2) is 5.78 Å². The first-order valence-corrected chi connectivity index (χ1v) is 12.5. The molecule has 4 aromatic rings. The lowest BCUT2D eigenvalue weighted by Crippen LogP contribution is -2.17. The average molecular weight is 586 g/mol. The Labute approximate surface area is 229 Å². The van der Waals surface area contributed by atoms with E-state index in [9.17, 15) is 14.0 Å². The first-order chi connectivity index (χ1) is 17.0. The van der Waals surface area contributed by atoms with E-state index >= 15 is 0 Å². The van der Waals surface area contributed by atoms with Gasteiger partial charge in [-0.05, 0) is 60.2 Å². The van der Waals surface area contributed by atoms with Gasteiger partial charge >= 0.3 is 0 Å². The molecule has 0 saturated heterocycles. The number of rotatable bonds is 6. The van der Waals surface area contributed by atoms with E-state index in [0.717, 1.165) is 0 Å². The summed E-state index contributed by atoms with van der Waals surface area (Å²) in [5.41, 5.74) is 2.21. The molecule has 1 heterocycles. The van der Waals surface area contributed by atoms with Gasteiger partial charge in [0.05, 0.1) is 28.4 Å². The van der Waals surface area contributed by atoms with Crippen LogP contribution >= 0.6 is 58.0 Å². The Balaban J connectivity index is 1.33. The number of ketones is 1. The maximum Gasteiger partial charge on any atom is 0.231 e. The number of amides is 1. The second-order valence-corrected chi connectivity index (χ2v) is 11.2. The molecule has 36 heavy (non-hydrogen) atoms. The van der Waals surface area contributed by atoms with Gasteiger partial charge < -0.3 is 10.3 Å². The number of aromatic nitrogens is 2. The summed E-state index contributed by atoms with van der Waals surface area (Å²) in [7, 11) is 0. The predicted molar refractivity (Wildman–Crippen MR) is 141 cm³/mol. The van der Waals surface area contributed by atoms with E-state index in [1.807, 2.05) is 0 Å². The Bertz CT molecular complexity index is 1520. The Morgan fingerprint density at radius 2 is 1.72 bits per heavy atom.